The van der Waals surface area contributed by atoms with Crippen LogP contribution in [0.15, 0.2) is 6.07 Å². The number of aromatic nitrogens is 2. The van der Waals surface area contributed by atoms with Crippen LogP contribution in [0.25, 0.3) is 0 Å². The van der Waals surface area contributed by atoms with Crippen molar-refractivity contribution in [2.24, 2.45) is 5.41 Å². The van der Waals surface area contributed by atoms with Crippen LogP contribution in [0.5, 0.6) is 0 Å². The third-order valence-electron chi connectivity index (χ3n) is 3.74. The normalized spacial score (nSPS) is 25.1. The van der Waals surface area contributed by atoms with E-state index in [1.807, 2.05) is 6.92 Å². The summed E-state index contributed by atoms with van der Waals surface area (Å²) in [7, 11) is 0. The van der Waals surface area contributed by atoms with Gasteiger partial charge in [0.15, 0.2) is 0 Å². The quantitative estimate of drug-likeness (QED) is 0.825. The average Bonchev–Trinajstić information content (AvgIpc) is 2.70. The molecule has 0 bridgehead atoms. The lowest BCUT2D eigenvalue weighted by Gasteiger charge is -2.36. The number of nitrogens with zero attached hydrogens (tertiary/aromatic N) is 2. The average molecular weight is 237 g/mol. The molecule has 2 N–H and O–H groups in total. The molecular formula is C13H23N3O. The van der Waals surface area contributed by atoms with E-state index in [0.717, 1.165) is 44.6 Å². The van der Waals surface area contributed by atoms with Gasteiger partial charge in [-0.3, -0.25) is 4.68 Å². The molecule has 17 heavy (non-hydrogen) atoms. The zero-order valence-electron chi connectivity index (χ0n) is 10.9. The van der Waals surface area contributed by atoms with E-state index in [2.05, 4.69) is 28.1 Å². The molecule has 1 atom stereocenters. The maximum absolute atomic E-state index is 9.70. The first kappa shape index (κ1) is 12.6. The van der Waals surface area contributed by atoms with Gasteiger partial charge in [-0.25, -0.2) is 0 Å². The number of nitrogens with one attached hydrogen (secondary N) is 1. The maximum Gasteiger partial charge on any atom is 0.0596 e. The molecule has 1 saturated heterocycles. The lowest BCUT2D eigenvalue weighted by Crippen LogP contribution is -2.44. The van der Waals surface area contributed by atoms with Crippen molar-refractivity contribution in [2.45, 2.75) is 39.7 Å². The van der Waals surface area contributed by atoms with Crippen LogP contribution in [-0.2, 0) is 13.0 Å². The summed E-state index contributed by atoms with van der Waals surface area (Å²) in [4.78, 5) is 0. The van der Waals surface area contributed by atoms with Crippen molar-refractivity contribution in [2.75, 3.05) is 19.7 Å². The Bertz CT molecular complexity index is 367. The largest absolute Gasteiger partial charge is 0.396 e. The first-order valence-corrected chi connectivity index (χ1v) is 6.54. The Labute approximate surface area is 103 Å². The van der Waals surface area contributed by atoms with Crippen molar-refractivity contribution in [1.29, 1.82) is 0 Å². The summed E-state index contributed by atoms with van der Waals surface area (Å²) in [5.74, 6) is 0. The van der Waals surface area contributed by atoms with E-state index in [1.165, 1.54) is 5.69 Å². The van der Waals surface area contributed by atoms with Gasteiger partial charge in [-0.1, -0.05) is 0 Å². The molecular weight excluding hydrogens is 214 g/mol. The molecule has 1 aliphatic rings. The van der Waals surface area contributed by atoms with Gasteiger partial charge >= 0.3 is 0 Å². The summed E-state index contributed by atoms with van der Waals surface area (Å²) >= 11 is 0. The smallest absolute Gasteiger partial charge is 0.0596 e. The van der Waals surface area contributed by atoms with Gasteiger partial charge < -0.3 is 10.4 Å². The van der Waals surface area contributed by atoms with E-state index in [9.17, 15) is 5.11 Å². The standard InChI is InChI=1S/C13H23N3O/c1-3-16-12(7-11(2)15-16)8-13(10-17)5-4-6-14-9-13/h7,14,17H,3-6,8-10H2,1-2H3. The summed E-state index contributed by atoms with van der Waals surface area (Å²) in [5, 5.41) is 17.6. The van der Waals surface area contributed by atoms with Gasteiger partial charge in [0, 0.05) is 24.2 Å². The lowest BCUT2D eigenvalue weighted by atomic mass is 9.77. The molecule has 0 amide bonds. The number of rotatable bonds is 4. The van der Waals surface area contributed by atoms with Gasteiger partial charge in [0.25, 0.3) is 0 Å². The summed E-state index contributed by atoms with van der Waals surface area (Å²) in [6, 6.07) is 2.15. The number of hydrogen-bond donors (Lipinski definition) is 2. The molecule has 1 fully saturated rings. The van der Waals surface area contributed by atoms with Gasteiger partial charge in [-0.15, -0.1) is 0 Å². The summed E-state index contributed by atoms with van der Waals surface area (Å²) < 4.78 is 2.06. The maximum atomic E-state index is 9.70. The Morgan fingerprint density at radius 3 is 3.00 bits per heavy atom. The van der Waals surface area contributed by atoms with E-state index >= 15 is 0 Å². The highest BCUT2D eigenvalue weighted by molar-refractivity contribution is 5.12. The third-order valence-corrected chi connectivity index (χ3v) is 3.74. The number of aliphatic hydroxyl groups excluding tert-OH is 1. The minimum atomic E-state index is 0.0116. The first-order chi connectivity index (χ1) is 8.19. The highest BCUT2D eigenvalue weighted by atomic mass is 16.3. The van der Waals surface area contributed by atoms with Crippen LogP contribution >= 0.6 is 0 Å². The molecule has 0 aliphatic carbocycles. The molecule has 1 aromatic heterocycles. The van der Waals surface area contributed by atoms with Crippen LogP contribution in [0.2, 0.25) is 0 Å². The Balaban J connectivity index is 2.16. The van der Waals surface area contributed by atoms with Crippen molar-refractivity contribution in [3.05, 3.63) is 17.5 Å². The van der Waals surface area contributed by atoms with Crippen molar-refractivity contribution in [3.8, 4) is 0 Å². The third kappa shape index (κ3) is 2.69. The summed E-state index contributed by atoms with van der Waals surface area (Å²) in [5.41, 5.74) is 2.33. The molecule has 1 aromatic rings. The Morgan fingerprint density at radius 1 is 1.59 bits per heavy atom. The fraction of sp³-hybridized carbons (Fsp3) is 0.769. The van der Waals surface area contributed by atoms with Crippen molar-refractivity contribution in [3.63, 3.8) is 0 Å². The van der Waals surface area contributed by atoms with Crippen LogP contribution in [0.1, 0.15) is 31.2 Å². The van der Waals surface area contributed by atoms with Gasteiger partial charge in [0.2, 0.25) is 0 Å². The van der Waals surface area contributed by atoms with Gasteiger partial charge in [0.05, 0.1) is 12.3 Å². The van der Waals surface area contributed by atoms with Crippen LogP contribution in [0.4, 0.5) is 0 Å². The summed E-state index contributed by atoms with van der Waals surface area (Å²) in [6.45, 7) is 7.29. The SMILES string of the molecule is CCn1nc(C)cc1CC1(CO)CCCNC1. The molecule has 4 heteroatoms. The predicted molar refractivity (Wildman–Crippen MR) is 68.0 cm³/mol. The molecule has 0 saturated carbocycles. The number of aliphatic hydroxyl groups is 1. The second-order valence-electron chi connectivity index (χ2n) is 5.21. The number of hydrogen-bond acceptors (Lipinski definition) is 3. The molecule has 0 radical (unpaired) electrons. The zero-order valence-corrected chi connectivity index (χ0v) is 10.9. The lowest BCUT2D eigenvalue weighted by molar-refractivity contribution is 0.0926. The van der Waals surface area contributed by atoms with E-state index in [-0.39, 0.29) is 12.0 Å². The molecule has 2 heterocycles. The second-order valence-corrected chi connectivity index (χ2v) is 5.21. The van der Waals surface area contributed by atoms with Crippen LogP contribution < -0.4 is 5.32 Å². The second kappa shape index (κ2) is 5.19. The molecule has 96 valence electrons. The molecule has 1 unspecified atom stereocenters. The Kier molecular flexibility index (Phi) is 3.84. The summed E-state index contributed by atoms with van der Waals surface area (Å²) in [6.07, 6.45) is 3.18. The van der Waals surface area contributed by atoms with Crippen LogP contribution in [-0.4, -0.2) is 34.6 Å². The van der Waals surface area contributed by atoms with E-state index in [1.54, 1.807) is 0 Å². The highest BCUT2D eigenvalue weighted by Crippen LogP contribution is 2.30. The molecule has 0 aromatic carbocycles. The van der Waals surface area contributed by atoms with Crippen molar-refractivity contribution >= 4 is 0 Å². The van der Waals surface area contributed by atoms with E-state index in [4.69, 9.17) is 0 Å². The topological polar surface area (TPSA) is 50.1 Å². The molecule has 1 aliphatic heterocycles. The fourth-order valence-electron chi connectivity index (χ4n) is 2.77. The minimum Gasteiger partial charge on any atom is -0.396 e. The fourth-order valence-corrected chi connectivity index (χ4v) is 2.77. The first-order valence-electron chi connectivity index (χ1n) is 6.54. The number of piperidine rings is 1. The molecule has 2 rings (SSSR count). The molecule has 0 spiro atoms. The highest BCUT2D eigenvalue weighted by Gasteiger charge is 2.32. The monoisotopic (exact) mass is 237 g/mol. The Hall–Kier alpha value is -0.870. The minimum absolute atomic E-state index is 0.0116. The molecule has 4 nitrogen and oxygen atoms in total. The number of aryl methyl sites for hydroxylation is 2. The van der Waals surface area contributed by atoms with Gasteiger partial charge in [0.1, 0.15) is 0 Å². The van der Waals surface area contributed by atoms with Gasteiger partial charge in [-0.2, -0.15) is 5.10 Å². The van der Waals surface area contributed by atoms with Crippen LogP contribution in [0.3, 0.4) is 0 Å². The predicted octanol–water partition coefficient (Wildman–Crippen LogP) is 1.12. The van der Waals surface area contributed by atoms with Gasteiger partial charge in [-0.05, 0) is 45.7 Å². The zero-order chi connectivity index (χ0) is 12.3. The van der Waals surface area contributed by atoms with E-state index in [0.29, 0.717) is 0 Å². The van der Waals surface area contributed by atoms with Crippen molar-refractivity contribution in [1.82, 2.24) is 15.1 Å². The van der Waals surface area contributed by atoms with Crippen LogP contribution in [0, 0.1) is 12.3 Å². The van der Waals surface area contributed by atoms with E-state index < -0.39 is 0 Å². The Morgan fingerprint density at radius 2 is 2.41 bits per heavy atom. The van der Waals surface area contributed by atoms with Crippen molar-refractivity contribution < 1.29 is 5.11 Å².